The maximum Gasteiger partial charge on any atom is 0.408 e. The first-order valence-electron chi connectivity index (χ1n) is 7.53. The first kappa shape index (κ1) is 15.4. The molecule has 1 aliphatic carbocycles. The number of para-hydroxylation sites is 1. The van der Waals surface area contributed by atoms with Crippen LogP contribution in [0.2, 0.25) is 0 Å². The number of carbonyl (C=O) groups is 2. The van der Waals surface area contributed by atoms with Gasteiger partial charge in [-0.25, -0.2) is 9.59 Å². The number of aromatic nitrogens is 1. The Bertz CT molecular complexity index is 774. The Hall–Kier alpha value is -2.50. The van der Waals surface area contributed by atoms with Crippen LogP contribution in [0.4, 0.5) is 4.79 Å². The Morgan fingerprint density at radius 3 is 2.70 bits per heavy atom. The SMILES string of the molecule is CC(C)(C)OC(=O)N[C@]1(C(=O)O)C[C@H]1c1c[nH]c2ccccc12. The van der Waals surface area contributed by atoms with Crippen LogP contribution >= 0.6 is 0 Å². The summed E-state index contributed by atoms with van der Waals surface area (Å²) < 4.78 is 5.20. The summed E-state index contributed by atoms with van der Waals surface area (Å²) in [4.78, 5) is 26.9. The van der Waals surface area contributed by atoms with E-state index in [1.165, 1.54) is 0 Å². The molecule has 0 aliphatic heterocycles. The highest BCUT2D eigenvalue weighted by Crippen LogP contribution is 2.53. The van der Waals surface area contributed by atoms with Crippen LogP contribution in [0.25, 0.3) is 10.9 Å². The molecule has 1 saturated carbocycles. The van der Waals surface area contributed by atoms with Gasteiger partial charge in [0.25, 0.3) is 0 Å². The topological polar surface area (TPSA) is 91.4 Å². The zero-order valence-corrected chi connectivity index (χ0v) is 13.3. The van der Waals surface area contributed by atoms with Gasteiger partial charge in [-0.15, -0.1) is 0 Å². The number of rotatable bonds is 3. The number of amides is 1. The summed E-state index contributed by atoms with van der Waals surface area (Å²) in [5.74, 6) is -1.32. The van der Waals surface area contributed by atoms with Gasteiger partial charge in [-0.1, -0.05) is 18.2 Å². The van der Waals surface area contributed by atoms with Gasteiger partial charge in [-0.05, 0) is 38.8 Å². The average molecular weight is 316 g/mol. The molecule has 3 rings (SSSR count). The highest BCUT2D eigenvalue weighted by Gasteiger charge is 2.63. The second-order valence-corrected chi connectivity index (χ2v) is 6.95. The third-order valence-corrected chi connectivity index (χ3v) is 4.06. The molecule has 1 aromatic carbocycles. The molecule has 2 atom stereocenters. The van der Waals surface area contributed by atoms with Crippen molar-refractivity contribution in [3.05, 3.63) is 36.0 Å². The minimum atomic E-state index is -1.30. The van der Waals surface area contributed by atoms with Crippen LogP contribution in [0.5, 0.6) is 0 Å². The number of alkyl carbamates (subject to hydrolysis) is 1. The molecule has 3 N–H and O–H groups in total. The van der Waals surface area contributed by atoms with Gasteiger partial charge >= 0.3 is 12.1 Å². The van der Waals surface area contributed by atoms with Crippen LogP contribution < -0.4 is 5.32 Å². The summed E-state index contributed by atoms with van der Waals surface area (Å²) in [6, 6.07) is 7.70. The number of benzene rings is 1. The molecule has 6 heteroatoms. The number of carbonyl (C=O) groups excluding carboxylic acids is 1. The van der Waals surface area contributed by atoms with Crippen molar-refractivity contribution in [2.45, 2.75) is 44.2 Å². The van der Waals surface area contributed by atoms with Gasteiger partial charge in [-0.2, -0.15) is 0 Å². The first-order chi connectivity index (χ1) is 10.7. The van der Waals surface area contributed by atoms with Crippen LogP contribution in [0, 0.1) is 0 Å². The molecule has 2 aromatic rings. The summed E-state index contributed by atoms with van der Waals surface area (Å²) in [5, 5.41) is 13.1. The fraction of sp³-hybridized carbons (Fsp3) is 0.412. The van der Waals surface area contributed by atoms with Crippen molar-refractivity contribution >= 4 is 23.0 Å². The summed E-state index contributed by atoms with van der Waals surface area (Å²) in [6.45, 7) is 5.22. The van der Waals surface area contributed by atoms with Gasteiger partial charge in [0.2, 0.25) is 0 Å². The zero-order chi connectivity index (χ0) is 16.8. The lowest BCUT2D eigenvalue weighted by molar-refractivity contribution is -0.140. The number of hydrogen-bond donors (Lipinski definition) is 3. The van der Waals surface area contributed by atoms with Crippen LogP contribution in [-0.4, -0.2) is 33.3 Å². The van der Waals surface area contributed by atoms with E-state index in [0.29, 0.717) is 6.42 Å². The number of carboxylic acids is 1. The lowest BCUT2D eigenvalue weighted by atomic mass is 10.1. The second kappa shape index (κ2) is 5.01. The van der Waals surface area contributed by atoms with Crippen molar-refractivity contribution in [1.29, 1.82) is 0 Å². The minimum Gasteiger partial charge on any atom is -0.479 e. The first-order valence-corrected chi connectivity index (χ1v) is 7.53. The Morgan fingerprint density at radius 2 is 2.04 bits per heavy atom. The van der Waals surface area contributed by atoms with E-state index in [-0.39, 0.29) is 5.92 Å². The van der Waals surface area contributed by atoms with Gasteiger partial charge in [-0.3, -0.25) is 0 Å². The van der Waals surface area contributed by atoms with Crippen molar-refractivity contribution in [3.8, 4) is 0 Å². The highest BCUT2D eigenvalue weighted by atomic mass is 16.6. The molecule has 1 heterocycles. The zero-order valence-electron chi connectivity index (χ0n) is 13.3. The summed E-state index contributed by atoms with van der Waals surface area (Å²) in [6.07, 6.45) is 1.46. The normalized spacial score (nSPS) is 23.5. The third kappa shape index (κ3) is 2.76. The molecule has 1 aliphatic rings. The Morgan fingerprint density at radius 1 is 1.35 bits per heavy atom. The number of aliphatic carboxylic acids is 1. The van der Waals surface area contributed by atoms with Crippen LogP contribution in [0.3, 0.4) is 0 Å². The molecule has 0 saturated heterocycles. The highest BCUT2D eigenvalue weighted by molar-refractivity contribution is 5.93. The van der Waals surface area contributed by atoms with Gasteiger partial charge in [0, 0.05) is 23.0 Å². The molecule has 1 aromatic heterocycles. The molecule has 1 amide bonds. The molecule has 0 bridgehead atoms. The maximum atomic E-state index is 12.0. The van der Waals surface area contributed by atoms with Gasteiger partial charge in [0.15, 0.2) is 0 Å². The number of carboxylic acid groups (broad SMARTS) is 1. The van der Waals surface area contributed by atoms with Gasteiger partial charge in [0.05, 0.1) is 0 Å². The van der Waals surface area contributed by atoms with E-state index < -0.39 is 23.2 Å². The molecule has 122 valence electrons. The molecule has 0 spiro atoms. The Kier molecular flexibility index (Phi) is 3.35. The third-order valence-electron chi connectivity index (χ3n) is 4.06. The summed E-state index contributed by atoms with van der Waals surface area (Å²) in [5.41, 5.74) is -0.118. The molecule has 6 nitrogen and oxygen atoms in total. The van der Waals surface area contributed by atoms with Crippen LogP contribution in [0.15, 0.2) is 30.5 Å². The van der Waals surface area contributed by atoms with E-state index in [0.717, 1.165) is 16.5 Å². The predicted octanol–water partition coefficient (Wildman–Crippen LogP) is 3.00. The number of nitrogens with one attached hydrogen (secondary N) is 2. The van der Waals surface area contributed by atoms with Gasteiger partial charge < -0.3 is 20.1 Å². The fourth-order valence-corrected chi connectivity index (χ4v) is 2.93. The minimum absolute atomic E-state index is 0.274. The van der Waals surface area contributed by atoms with Crippen molar-refractivity contribution in [1.82, 2.24) is 10.3 Å². The number of fused-ring (bicyclic) bond motifs is 1. The number of hydrogen-bond acceptors (Lipinski definition) is 3. The van der Waals surface area contributed by atoms with Crippen molar-refractivity contribution in [3.63, 3.8) is 0 Å². The lowest BCUT2D eigenvalue weighted by Crippen LogP contribution is -2.46. The van der Waals surface area contributed by atoms with E-state index in [1.807, 2.05) is 30.5 Å². The largest absolute Gasteiger partial charge is 0.479 e. The fourth-order valence-electron chi connectivity index (χ4n) is 2.93. The van der Waals surface area contributed by atoms with E-state index in [9.17, 15) is 14.7 Å². The van der Waals surface area contributed by atoms with Crippen molar-refractivity contribution in [2.24, 2.45) is 0 Å². The number of aromatic amines is 1. The lowest BCUT2D eigenvalue weighted by Gasteiger charge is -2.22. The average Bonchev–Trinajstić information content (AvgIpc) is 2.99. The van der Waals surface area contributed by atoms with Gasteiger partial charge in [0.1, 0.15) is 11.1 Å². The number of ether oxygens (including phenoxy) is 1. The van der Waals surface area contributed by atoms with Crippen LogP contribution in [0.1, 0.15) is 38.7 Å². The smallest absolute Gasteiger partial charge is 0.408 e. The molecular formula is C17H20N2O4. The molecular weight excluding hydrogens is 296 g/mol. The van der Waals surface area contributed by atoms with E-state index in [4.69, 9.17) is 4.74 Å². The number of H-pyrrole nitrogens is 1. The van der Waals surface area contributed by atoms with E-state index >= 15 is 0 Å². The molecule has 0 unspecified atom stereocenters. The van der Waals surface area contributed by atoms with E-state index in [1.54, 1.807) is 20.8 Å². The Labute approximate surface area is 133 Å². The standard InChI is InChI=1S/C17H20N2O4/c1-16(2,3)23-15(22)19-17(14(20)21)8-12(17)11-9-18-13-7-5-4-6-10(11)13/h4-7,9,12,18H,8H2,1-3H3,(H,19,22)(H,20,21)/t12-,17+/m0/s1. The maximum absolute atomic E-state index is 12.0. The van der Waals surface area contributed by atoms with Crippen LogP contribution in [-0.2, 0) is 9.53 Å². The monoisotopic (exact) mass is 316 g/mol. The second-order valence-electron chi connectivity index (χ2n) is 6.95. The molecule has 1 fully saturated rings. The summed E-state index contributed by atoms with van der Waals surface area (Å²) in [7, 11) is 0. The van der Waals surface area contributed by atoms with E-state index in [2.05, 4.69) is 10.3 Å². The quantitative estimate of drug-likeness (QED) is 0.811. The van der Waals surface area contributed by atoms with Crippen molar-refractivity contribution < 1.29 is 19.4 Å². The van der Waals surface area contributed by atoms with Crippen molar-refractivity contribution in [2.75, 3.05) is 0 Å². The molecule has 23 heavy (non-hydrogen) atoms. The predicted molar refractivity (Wildman–Crippen MR) is 85.4 cm³/mol. The Balaban J connectivity index is 1.85. The summed E-state index contributed by atoms with van der Waals surface area (Å²) >= 11 is 0. The molecule has 0 radical (unpaired) electrons.